The predicted molar refractivity (Wildman–Crippen MR) is 65.9 cm³/mol. The molecule has 2 aromatic rings. The van der Waals surface area contributed by atoms with Gasteiger partial charge in [0.05, 0.1) is 0 Å². The van der Waals surface area contributed by atoms with E-state index in [1.54, 1.807) is 12.1 Å². The van der Waals surface area contributed by atoms with Gasteiger partial charge in [0.2, 0.25) is 0 Å². The molecule has 0 spiro atoms. The van der Waals surface area contributed by atoms with E-state index in [1.165, 1.54) is 0 Å². The number of pyridine rings is 1. The molecule has 0 aliphatic heterocycles. The lowest BCUT2D eigenvalue weighted by molar-refractivity contribution is 0.922. The molecule has 2 rings (SSSR count). The molecule has 3 heteroatoms. The molecule has 0 fully saturated rings. The first-order valence-corrected chi connectivity index (χ1v) is 5.14. The molecule has 0 saturated heterocycles. The molecule has 1 aromatic carbocycles. The maximum absolute atomic E-state index is 11.3. The molecule has 0 amide bonds. The van der Waals surface area contributed by atoms with Crippen molar-refractivity contribution in [3.63, 3.8) is 0 Å². The van der Waals surface area contributed by atoms with E-state index in [0.29, 0.717) is 0 Å². The Morgan fingerprint density at radius 1 is 1.00 bits per heavy atom. The van der Waals surface area contributed by atoms with E-state index in [2.05, 4.69) is 0 Å². The molecule has 16 heavy (non-hydrogen) atoms. The zero-order valence-electron chi connectivity index (χ0n) is 9.40. The van der Waals surface area contributed by atoms with Crippen LogP contribution in [0.25, 0.3) is 5.69 Å². The SMILES string of the molecule is Cc1cc(=O)cc(C)n1-c1ccc(N)cc1. The van der Waals surface area contributed by atoms with Crippen LogP contribution in [0, 0.1) is 13.8 Å². The molecule has 0 atom stereocenters. The number of benzene rings is 1. The first kappa shape index (κ1) is 10.5. The van der Waals surface area contributed by atoms with Gasteiger partial charge in [0, 0.05) is 34.9 Å². The lowest BCUT2D eigenvalue weighted by Crippen LogP contribution is -2.11. The Morgan fingerprint density at radius 2 is 1.50 bits per heavy atom. The number of rotatable bonds is 1. The molecule has 0 saturated carbocycles. The third kappa shape index (κ3) is 1.84. The summed E-state index contributed by atoms with van der Waals surface area (Å²) < 4.78 is 2.03. The van der Waals surface area contributed by atoms with Crippen molar-refractivity contribution in [3.8, 4) is 5.69 Å². The van der Waals surface area contributed by atoms with Crippen molar-refractivity contribution >= 4 is 5.69 Å². The second-order valence-electron chi connectivity index (χ2n) is 3.90. The van der Waals surface area contributed by atoms with Crippen LogP contribution in [0.1, 0.15) is 11.4 Å². The normalized spacial score (nSPS) is 10.4. The van der Waals surface area contributed by atoms with Crippen molar-refractivity contribution in [3.05, 3.63) is 58.0 Å². The molecule has 0 bridgehead atoms. The molecule has 3 nitrogen and oxygen atoms in total. The van der Waals surface area contributed by atoms with Crippen LogP contribution in [-0.2, 0) is 0 Å². The Morgan fingerprint density at radius 3 is 2.00 bits per heavy atom. The number of nitrogen functional groups attached to an aromatic ring is 1. The number of aromatic nitrogens is 1. The molecule has 82 valence electrons. The molecule has 0 radical (unpaired) electrons. The average Bonchev–Trinajstić information content (AvgIpc) is 2.19. The van der Waals surface area contributed by atoms with E-state index in [-0.39, 0.29) is 5.43 Å². The zero-order valence-corrected chi connectivity index (χ0v) is 9.40. The number of nitrogens with two attached hydrogens (primary N) is 1. The van der Waals surface area contributed by atoms with Gasteiger partial charge in [-0.3, -0.25) is 4.79 Å². The standard InChI is InChI=1S/C13H14N2O/c1-9-7-13(16)8-10(2)15(9)12-5-3-11(14)4-6-12/h3-8H,14H2,1-2H3. The summed E-state index contributed by atoms with van der Waals surface area (Å²) in [6.45, 7) is 3.84. The average molecular weight is 214 g/mol. The molecule has 1 heterocycles. The second-order valence-corrected chi connectivity index (χ2v) is 3.90. The highest BCUT2D eigenvalue weighted by atomic mass is 16.1. The summed E-state index contributed by atoms with van der Waals surface area (Å²) in [6, 6.07) is 10.9. The summed E-state index contributed by atoms with van der Waals surface area (Å²) in [6.07, 6.45) is 0. The smallest absolute Gasteiger partial charge is 0.182 e. The Balaban J connectivity index is 2.64. The summed E-state index contributed by atoms with van der Waals surface area (Å²) >= 11 is 0. The molecule has 0 aliphatic rings. The first-order chi connectivity index (χ1) is 7.58. The van der Waals surface area contributed by atoms with Gasteiger partial charge in [0.15, 0.2) is 5.43 Å². The van der Waals surface area contributed by atoms with Gasteiger partial charge < -0.3 is 10.3 Å². The number of anilines is 1. The number of aryl methyl sites for hydroxylation is 2. The Bertz CT molecular complexity index is 541. The van der Waals surface area contributed by atoms with E-state index in [1.807, 2.05) is 42.7 Å². The van der Waals surface area contributed by atoms with Crippen LogP contribution in [0.5, 0.6) is 0 Å². The number of nitrogens with zero attached hydrogens (tertiary/aromatic N) is 1. The van der Waals surface area contributed by atoms with Crippen molar-refractivity contribution < 1.29 is 0 Å². The van der Waals surface area contributed by atoms with Gasteiger partial charge in [0.25, 0.3) is 0 Å². The summed E-state index contributed by atoms with van der Waals surface area (Å²) in [7, 11) is 0. The molecule has 0 aliphatic carbocycles. The van der Waals surface area contributed by atoms with Crippen LogP contribution in [-0.4, -0.2) is 4.57 Å². The Hall–Kier alpha value is -2.03. The summed E-state index contributed by atoms with van der Waals surface area (Å²) in [5, 5.41) is 0. The van der Waals surface area contributed by atoms with Gasteiger partial charge >= 0.3 is 0 Å². The van der Waals surface area contributed by atoms with Gasteiger partial charge in [-0.2, -0.15) is 0 Å². The monoisotopic (exact) mass is 214 g/mol. The maximum atomic E-state index is 11.3. The van der Waals surface area contributed by atoms with Crippen molar-refractivity contribution in [1.29, 1.82) is 0 Å². The van der Waals surface area contributed by atoms with Crippen molar-refractivity contribution in [2.24, 2.45) is 0 Å². The third-order valence-electron chi connectivity index (χ3n) is 2.56. The van der Waals surface area contributed by atoms with Gasteiger partial charge in [0.1, 0.15) is 0 Å². The van der Waals surface area contributed by atoms with Crippen LogP contribution in [0.2, 0.25) is 0 Å². The molecule has 0 unspecified atom stereocenters. The highest BCUT2D eigenvalue weighted by Crippen LogP contribution is 2.14. The molecular formula is C13H14N2O. The van der Waals surface area contributed by atoms with Gasteiger partial charge in [-0.05, 0) is 38.1 Å². The van der Waals surface area contributed by atoms with Crippen molar-refractivity contribution in [2.45, 2.75) is 13.8 Å². The van der Waals surface area contributed by atoms with Crippen molar-refractivity contribution in [1.82, 2.24) is 4.57 Å². The zero-order chi connectivity index (χ0) is 11.7. The molecule has 2 N–H and O–H groups in total. The Labute approximate surface area is 94.1 Å². The van der Waals surface area contributed by atoms with Gasteiger partial charge in [-0.15, -0.1) is 0 Å². The van der Waals surface area contributed by atoms with E-state index in [9.17, 15) is 4.79 Å². The van der Waals surface area contributed by atoms with Gasteiger partial charge in [-0.1, -0.05) is 0 Å². The highest BCUT2D eigenvalue weighted by Gasteiger charge is 2.03. The number of hydrogen-bond acceptors (Lipinski definition) is 2. The lowest BCUT2D eigenvalue weighted by Gasteiger charge is -2.14. The number of hydrogen-bond donors (Lipinski definition) is 1. The minimum atomic E-state index is 0.0432. The van der Waals surface area contributed by atoms with Crippen LogP contribution in [0.3, 0.4) is 0 Å². The van der Waals surface area contributed by atoms with Crippen LogP contribution < -0.4 is 11.2 Å². The van der Waals surface area contributed by atoms with E-state index < -0.39 is 0 Å². The summed E-state index contributed by atoms with van der Waals surface area (Å²) in [5.74, 6) is 0. The van der Waals surface area contributed by atoms with Crippen LogP contribution >= 0.6 is 0 Å². The van der Waals surface area contributed by atoms with Crippen LogP contribution in [0.15, 0.2) is 41.2 Å². The molecular weight excluding hydrogens is 200 g/mol. The minimum Gasteiger partial charge on any atom is -0.399 e. The maximum Gasteiger partial charge on any atom is 0.182 e. The largest absolute Gasteiger partial charge is 0.399 e. The predicted octanol–water partition coefficient (Wildman–Crippen LogP) is 2.04. The fourth-order valence-corrected chi connectivity index (χ4v) is 1.89. The first-order valence-electron chi connectivity index (χ1n) is 5.14. The fourth-order valence-electron chi connectivity index (χ4n) is 1.89. The van der Waals surface area contributed by atoms with E-state index in [0.717, 1.165) is 22.8 Å². The van der Waals surface area contributed by atoms with Gasteiger partial charge in [-0.25, -0.2) is 0 Å². The topological polar surface area (TPSA) is 48.0 Å². The molecule has 1 aromatic heterocycles. The fraction of sp³-hybridized carbons (Fsp3) is 0.154. The quantitative estimate of drug-likeness (QED) is 0.738. The highest BCUT2D eigenvalue weighted by molar-refractivity contribution is 5.46. The third-order valence-corrected chi connectivity index (χ3v) is 2.56. The summed E-state index contributed by atoms with van der Waals surface area (Å²) in [4.78, 5) is 11.3. The van der Waals surface area contributed by atoms with Crippen molar-refractivity contribution in [2.75, 3.05) is 5.73 Å². The lowest BCUT2D eigenvalue weighted by atomic mass is 10.2. The second kappa shape index (κ2) is 3.85. The minimum absolute atomic E-state index is 0.0432. The van der Waals surface area contributed by atoms with E-state index in [4.69, 9.17) is 5.73 Å². The Kier molecular flexibility index (Phi) is 2.52. The summed E-state index contributed by atoms with van der Waals surface area (Å²) in [5.41, 5.74) is 9.29. The van der Waals surface area contributed by atoms with Crippen LogP contribution in [0.4, 0.5) is 5.69 Å². The van der Waals surface area contributed by atoms with E-state index >= 15 is 0 Å².